The van der Waals surface area contributed by atoms with E-state index in [-0.39, 0.29) is 16.1 Å². The fourth-order valence-electron chi connectivity index (χ4n) is 3.71. The molecule has 0 radical (unpaired) electrons. The number of nitrogens with one attached hydrogen (secondary N) is 1. The van der Waals surface area contributed by atoms with Crippen molar-refractivity contribution in [3.8, 4) is 0 Å². The van der Waals surface area contributed by atoms with E-state index in [1.807, 2.05) is 4.90 Å². The third kappa shape index (κ3) is 4.42. The molecule has 1 N–H and O–H groups in total. The van der Waals surface area contributed by atoms with Gasteiger partial charge in [0.1, 0.15) is 0 Å². The Labute approximate surface area is 159 Å². The van der Waals surface area contributed by atoms with E-state index in [9.17, 15) is 18.3 Å². The first-order chi connectivity index (χ1) is 12.8. The van der Waals surface area contributed by atoms with Crippen LogP contribution in [0.3, 0.4) is 0 Å². The smallest absolute Gasteiger partial charge is 0.261 e. The van der Waals surface area contributed by atoms with Gasteiger partial charge in [-0.2, -0.15) is 0 Å². The van der Waals surface area contributed by atoms with Crippen LogP contribution < -0.4 is 14.7 Å². The van der Waals surface area contributed by atoms with Crippen molar-refractivity contribution in [3.05, 3.63) is 54.1 Å². The molecule has 0 spiro atoms. The summed E-state index contributed by atoms with van der Waals surface area (Å²) in [6.07, 6.45) is 1.10. The number of benzene rings is 2. The van der Waals surface area contributed by atoms with Crippen LogP contribution in [-0.4, -0.2) is 27.5 Å². The van der Waals surface area contributed by atoms with E-state index < -0.39 is 16.0 Å². The Hall–Kier alpha value is -2.54. The number of nitrogens with zero attached hydrogens (tertiary/aromatic N) is 1. The Morgan fingerprint density at radius 2 is 1.70 bits per heavy atom. The van der Waals surface area contributed by atoms with Crippen LogP contribution in [0.4, 0.5) is 11.4 Å². The fraction of sp³-hybridized carbons (Fsp3) is 0.350. The van der Waals surface area contributed by atoms with Crippen molar-refractivity contribution in [2.24, 2.45) is 11.8 Å². The molecule has 1 aliphatic rings. The van der Waals surface area contributed by atoms with E-state index in [0.29, 0.717) is 17.5 Å². The van der Waals surface area contributed by atoms with Crippen LogP contribution in [0.5, 0.6) is 0 Å². The minimum absolute atomic E-state index is 0.00967. The van der Waals surface area contributed by atoms with Gasteiger partial charge in [-0.05, 0) is 48.6 Å². The van der Waals surface area contributed by atoms with Gasteiger partial charge in [-0.3, -0.25) is 4.72 Å². The van der Waals surface area contributed by atoms with Crippen molar-refractivity contribution in [2.75, 3.05) is 22.7 Å². The zero-order chi connectivity index (χ0) is 19.6. The number of aromatic carboxylic acids is 1. The molecule has 0 amide bonds. The van der Waals surface area contributed by atoms with E-state index in [2.05, 4.69) is 18.6 Å². The molecule has 144 valence electrons. The van der Waals surface area contributed by atoms with Gasteiger partial charge in [0, 0.05) is 30.0 Å². The molecule has 1 saturated heterocycles. The molecule has 2 aromatic rings. The molecule has 1 fully saturated rings. The van der Waals surface area contributed by atoms with Crippen molar-refractivity contribution < 1.29 is 18.3 Å². The third-order valence-corrected chi connectivity index (χ3v) is 6.13. The minimum Gasteiger partial charge on any atom is -0.545 e. The zero-order valence-electron chi connectivity index (χ0n) is 15.4. The second-order valence-electron chi connectivity index (χ2n) is 7.29. The molecule has 3 rings (SSSR count). The van der Waals surface area contributed by atoms with Gasteiger partial charge in [-0.1, -0.05) is 32.0 Å². The molecule has 27 heavy (non-hydrogen) atoms. The first kappa shape index (κ1) is 19.2. The highest BCUT2D eigenvalue weighted by Crippen LogP contribution is 2.31. The average molecular weight is 387 g/mol. The van der Waals surface area contributed by atoms with Gasteiger partial charge in [-0.25, -0.2) is 8.42 Å². The standard InChI is InChI=1S/C20H24N2O4S/c1-14-10-15(2)13-22(12-14)19-9-8-16(11-18(19)20(23)24)21-27(25,26)17-6-4-3-5-7-17/h3-9,11,14-15,21H,10,12-13H2,1-2H3,(H,23,24)/p-1/t14-,15-/m0/s1. The van der Waals surface area contributed by atoms with Gasteiger partial charge in [0.15, 0.2) is 0 Å². The molecule has 7 heteroatoms. The van der Waals surface area contributed by atoms with Crippen LogP contribution in [0.15, 0.2) is 53.4 Å². The van der Waals surface area contributed by atoms with Crippen LogP contribution in [0.1, 0.15) is 30.6 Å². The van der Waals surface area contributed by atoms with E-state index in [1.165, 1.54) is 18.2 Å². The van der Waals surface area contributed by atoms with Gasteiger partial charge in [0.25, 0.3) is 10.0 Å². The molecule has 1 aliphatic heterocycles. The number of carboxylic acid groups (broad SMARTS) is 1. The lowest BCUT2D eigenvalue weighted by atomic mass is 9.91. The molecule has 0 unspecified atom stereocenters. The summed E-state index contributed by atoms with van der Waals surface area (Å²) in [4.78, 5) is 13.9. The van der Waals surface area contributed by atoms with Crippen LogP contribution >= 0.6 is 0 Å². The number of hydrogen-bond acceptors (Lipinski definition) is 5. The number of hydrogen-bond donors (Lipinski definition) is 1. The van der Waals surface area contributed by atoms with Gasteiger partial charge < -0.3 is 14.8 Å². The van der Waals surface area contributed by atoms with Gasteiger partial charge in [-0.15, -0.1) is 0 Å². The summed E-state index contributed by atoms with van der Waals surface area (Å²) in [7, 11) is -3.79. The van der Waals surface area contributed by atoms with Crippen molar-refractivity contribution in [3.63, 3.8) is 0 Å². The number of anilines is 2. The summed E-state index contributed by atoms with van der Waals surface area (Å²) in [6, 6.07) is 12.5. The van der Waals surface area contributed by atoms with Crippen LogP contribution in [0.2, 0.25) is 0 Å². The fourth-order valence-corrected chi connectivity index (χ4v) is 4.78. The minimum atomic E-state index is -3.79. The average Bonchev–Trinajstić information content (AvgIpc) is 2.61. The van der Waals surface area contributed by atoms with Crippen molar-refractivity contribution in [1.29, 1.82) is 0 Å². The lowest BCUT2D eigenvalue weighted by molar-refractivity contribution is -0.254. The van der Waals surface area contributed by atoms with Crippen molar-refractivity contribution in [1.82, 2.24) is 0 Å². The highest BCUT2D eigenvalue weighted by atomic mass is 32.2. The van der Waals surface area contributed by atoms with Crippen molar-refractivity contribution >= 4 is 27.4 Å². The summed E-state index contributed by atoms with van der Waals surface area (Å²) < 4.78 is 27.4. The second-order valence-corrected chi connectivity index (χ2v) is 8.97. The number of rotatable bonds is 5. The first-order valence-electron chi connectivity index (χ1n) is 8.94. The predicted octanol–water partition coefficient (Wildman–Crippen LogP) is 2.33. The highest BCUT2D eigenvalue weighted by molar-refractivity contribution is 7.92. The lowest BCUT2D eigenvalue weighted by Crippen LogP contribution is -2.40. The molecule has 0 aliphatic carbocycles. The van der Waals surface area contributed by atoms with Gasteiger partial charge in [0.2, 0.25) is 0 Å². The molecule has 2 atom stereocenters. The van der Waals surface area contributed by atoms with E-state index in [1.54, 1.807) is 30.3 Å². The largest absolute Gasteiger partial charge is 0.545 e. The SMILES string of the molecule is C[C@H]1C[C@H](C)CN(c2ccc(NS(=O)(=O)c3ccccc3)cc2C(=O)[O-])C1. The Bertz CT molecular complexity index is 918. The maximum Gasteiger partial charge on any atom is 0.261 e. The topological polar surface area (TPSA) is 89.5 Å². The zero-order valence-corrected chi connectivity index (χ0v) is 16.2. The highest BCUT2D eigenvalue weighted by Gasteiger charge is 2.24. The maximum atomic E-state index is 12.5. The van der Waals surface area contributed by atoms with Crippen LogP contribution in [0, 0.1) is 11.8 Å². The quantitative estimate of drug-likeness (QED) is 0.850. The Balaban J connectivity index is 1.91. The molecule has 2 aromatic carbocycles. The predicted molar refractivity (Wildman–Crippen MR) is 103 cm³/mol. The Kier molecular flexibility index (Phi) is 5.41. The van der Waals surface area contributed by atoms with Gasteiger partial charge in [0.05, 0.1) is 10.9 Å². The summed E-state index contributed by atoms with van der Waals surface area (Å²) in [5, 5.41) is 11.7. The number of carboxylic acids is 1. The molecular weight excluding hydrogens is 364 g/mol. The summed E-state index contributed by atoms with van der Waals surface area (Å²) in [6.45, 7) is 5.81. The monoisotopic (exact) mass is 387 g/mol. The molecule has 0 saturated carbocycles. The normalized spacial score (nSPS) is 20.3. The second kappa shape index (κ2) is 7.60. The van der Waals surface area contributed by atoms with E-state index in [4.69, 9.17) is 0 Å². The number of sulfonamides is 1. The van der Waals surface area contributed by atoms with Crippen LogP contribution in [-0.2, 0) is 10.0 Å². The molecule has 6 nitrogen and oxygen atoms in total. The van der Waals surface area contributed by atoms with E-state index >= 15 is 0 Å². The number of carbonyl (C=O) groups is 1. The molecular formula is C20H23N2O4S-. The van der Waals surface area contributed by atoms with E-state index in [0.717, 1.165) is 19.5 Å². The lowest BCUT2D eigenvalue weighted by Gasteiger charge is -2.37. The van der Waals surface area contributed by atoms with Crippen molar-refractivity contribution in [2.45, 2.75) is 25.2 Å². The number of carbonyl (C=O) groups excluding carboxylic acids is 1. The molecule has 0 aromatic heterocycles. The summed E-state index contributed by atoms with van der Waals surface area (Å²) in [5.41, 5.74) is 0.750. The summed E-state index contributed by atoms with van der Waals surface area (Å²) >= 11 is 0. The molecule has 1 heterocycles. The first-order valence-corrected chi connectivity index (χ1v) is 10.4. The van der Waals surface area contributed by atoms with Crippen LogP contribution in [0.25, 0.3) is 0 Å². The maximum absolute atomic E-state index is 12.5. The Morgan fingerprint density at radius 3 is 2.30 bits per heavy atom. The third-order valence-electron chi connectivity index (χ3n) is 4.73. The Morgan fingerprint density at radius 1 is 1.07 bits per heavy atom. The van der Waals surface area contributed by atoms with Gasteiger partial charge >= 0.3 is 0 Å². The molecule has 0 bridgehead atoms. The number of piperidine rings is 1. The summed E-state index contributed by atoms with van der Waals surface area (Å²) in [5.74, 6) is -0.407.